The molecule has 1 saturated heterocycles. The van der Waals surface area contributed by atoms with E-state index < -0.39 is 5.60 Å². The number of rotatable bonds is 3. The number of methoxy groups -OCH3 is 2. The Hall–Kier alpha value is -3.14. The van der Waals surface area contributed by atoms with Crippen LogP contribution in [0.5, 0.6) is 11.5 Å². The first-order valence-electron chi connectivity index (χ1n) is 9.55. The lowest BCUT2D eigenvalue weighted by Crippen LogP contribution is -2.35. The molecule has 1 aromatic heterocycles. The van der Waals surface area contributed by atoms with Gasteiger partial charge in [0, 0.05) is 30.9 Å². The second-order valence-electron chi connectivity index (χ2n) is 7.90. The van der Waals surface area contributed by atoms with Crippen LogP contribution in [0.1, 0.15) is 44.5 Å². The highest BCUT2D eigenvalue weighted by Crippen LogP contribution is 2.24. The van der Waals surface area contributed by atoms with Crippen molar-refractivity contribution in [2.45, 2.75) is 38.8 Å². The minimum Gasteiger partial charge on any atom is -0.497 e. The smallest absolute Gasteiger partial charge is 0.410 e. The van der Waals surface area contributed by atoms with E-state index in [0.717, 1.165) is 12.0 Å². The van der Waals surface area contributed by atoms with Crippen LogP contribution in [-0.2, 0) is 4.74 Å². The quantitative estimate of drug-likeness (QED) is 0.742. The predicted octanol–water partition coefficient (Wildman–Crippen LogP) is 3.48. The summed E-state index contributed by atoms with van der Waals surface area (Å²) in [4.78, 5) is 14.0. The van der Waals surface area contributed by atoms with Crippen molar-refractivity contribution in [3.05, 3.63) is 41.7 Å². The number of ether oxygens (including phenoxy) is 3. The molecule has 0 saturated carbocycles. The molecule has 0 N–H and O–H groups in total. The van der Waals surface area contributed by atoms with Gasteiger partial charge in [0.15, 0.2) is 0 Å². The van der Waals surface area contributed by atoms with E-state index in [4.69, 9.17) is 14.2 Å². The Bertz CT molecular complexity index is 911. The van der Waals surface area contributed by atoms with Gasteiger partial charge in [-0.2, -0.15) is 5.10 Å². The lowest BCUT2D eigenvalue weighted by molar-refractivity contribution is 0.0288. The summed E-state index contributed by atoms with van der Waals surface area (Å²) in [7, 11) is 3.21. The Morgan fingerprint density at radius 2 is 1.83 bits per heavy atom. The number of carbonyl (C=O) groups excluding carboxylic acids is 1. The lowest BCUT2D eigenvalue weighted by atomic mass is 10.2. The van der Waals surface area contributed by atoms with Gasteiger partial charge in [-0.3, -0.25) is 4.68 Å². The van der Waals surface area contributed by atoms with E-state index in [1.165, 1.54) is 0 Å². The molecule has 0 unspecified atom stereocenters. The fourth-order valence-corrected chi connectivity index (χ4v) is 3.07. The van der Waals surface area contributed by atoms with Crippen molar-refractivity contribution in [1.29, 1.82) is 0 Å². The normalized spacial score (nSPS) is 16.2. The molecule has 3 rings (SSSR count). The number of amides is 1. The zero-order valence-electron chi connectivity index (χ0n) is 17.6. The maximum atomic E-state index is 12.2. The molecule has 1 aromatic carbocycles. The van der Waals surface area contributed by atoms with Crippen LogP contribution in [0.15, 0.2) is 30.5 Å². The number of hydrogen-bond acceptors (Lipinski definition) is 5. The summed E-state index contributed by atoms with van der Waals surface area (Å²) in [5, 5.41) is 4.56. The van der Waals surface area contributed by atoms with E-state index >= 15 is 0 Å². The minimum absolute atomic E-state index is 0.120. The van der Waals surface area contributed by atoms with Crippen LogP contribution in [0.2, 0.25) is 0 Å². The summed E-state index contributed by atoms with van der Waals surface area (Å²) in [5.74, 6) is 7.55. The zero-order chi connectivity index (χ0) is 21.0. The van der Waals surface area contributed by atoms with Gasteiger partial charge < -0.3 is 19.1 Å². The number of benzene rings is 1. The number of likely N-dealkylation sites (tertiary alicyclic amines) is 1. The SMILES string of the molecule is COc1cc(C#Cc2ccn([C@H]3CCN(C(=O)OC(C)(C)C)C3)n2)cc(OC)c1. The van der Waals surface area contributed by atoms with Crippen LogP contribution in [0.25, 0.3) is 0 Å². The summed E-state index contributed by atoms with van der Waals surface area (Å²) in [6, 6.07) is 7.50. The minimum atomic E-state index is -0.494. The van der Waals surface area contributed by atoms with E-state index in [1.807, 2.05) is 49.8 Å². The van der Waals surface area contributed by atoms with Crippen LogP contribution in [0.3, 0.4) is 0 Å². The Labute approximate surface area is 171 Å². The lowest BCUT2D eigenvalue weighted by Gasteiger charge is -2.24. The topological polar surface area (TPSA) is 65.8 Å². The van der Waals surface area contributed by atoms with E-state index in [1.54, 1.807) is 25.2 Å². The van der Waals surface area contributed by atoms with Crippen molar-refractivity contribution in [3.63, 3.8) is 0 Å². The molecular formula is C22H27N3O4. The number of nitrogens with zero attached hydrogens (tertiary/aromatic N) is 3. The van der Waals surface area contributed by atoms with Gasteiger partial charge in [-0.05, 0) is 51.3 Å². The molecule has 1 amide bonds. The van der Waals surface area contributed by atoms with Crippen molar-refractivity contribution >= 4 is 6.09 Å². The summed E-state index contributed by atoms with van der Waals surface area (Å²) in [6.45, 7) is 6.85. The van der Waals surface area contributed by atoms with Crippen LogP contribution in [0.4, 0.5) is 4.79 Å². The fourth-order valence-electron chi connectivity index (χ4n) is 3.07. The summed E-state index contributed by atoms with van der Waals surface area (Å²) in [6.07, 6.45) is 2.46. The summed E-state index contributed by atoms with van der Waals surface area (Å²) >= 11 is 0. The molecule has 29 heavy (non-hydrogen) atoms. The average molecular weight is 397 g/mol. The third-order valence-corrected chi connectivity index (χ3v) is 4.48. The van der Waals surface area contributed by atoms with Gasteiger partial charge in [0.05, 0.1) is 20.3 Å². The molecule has 0 bridgehead atoms. The molecule has 7 heteroatoms. The van der Waals surface area contributed by atoms with Crippen LogP contribution in [0, 0.1) is 11.8 Å². The van der Waals surface area contributed by atoms with Gasteiger partial charge in [-0.1, -0.05) is 5.92 Å². The monoisotopic (exact) mass is 397 g/mol. The standard InChI is InChI=1S/C22H27N3O4/c1-22(2,3)29-21(26)24-10-9-18(15-24)25-11-8-17(23-25)7-6-16-12-19(27-4)14-20(13-16)28-5/h8,11-14,18H,9-10,15H2,1-5H3/t18-/m0/s1. The molecule has 1 atom stereocenters. The van der Waals surface area contributed by atoms with E-state index in [-0.39, 0.29) is 12.1 Å². The maximum Gasteiger partial charge on any atom is 0.410 e. The molecular weight excluding hydrogens is 370 g/mol. The second kappa shape index (κ2) is 8.48. The maximum absolute atomic E-state index is 12.2. The third-order valence-electron chi connectivity index (χ3n) is 4.48. The molecule has 1 fully saturated rings. The van der Waals surface area contributed by atoms with Crippen molar-refractivity contribution in [2.75, 3.05) is 27.3 Å². The van der Waals surface area contributed by atoms with Crippen LogP contribution >= 0.6 is 0 Å². The Morgan fingerprint density at radius 3 is 2.45 bits per heavy atom. The average Bonchev–Trinajstić information content (AvgIpc) is 3.34. The van der Waals surface area contributed by atoms with Gasteiger partial charge in [0.25, 0.3) is 0 Å². The Balaban J connectivity index is 1.67. The third kappa shape index (κ3) is 5.44. The zero-order valence-corrected chi connectivity index (χ0v) is 17.6. The van der Waals surface area contributed by atoms with Crippen molar-refractivity contribution in [2.24, 2.45) is 0 Å². The van der Waals surface area contributed by atoms with Gasteiger partial charge in [0.1, 0.15) is 22.8 Å². The van der Waals surface area contributed by atoms with Crippen LogP contribution < -0.4 is 9.47 Å². The Morgan fingerprint density at radius 1 is 1.14 bits per heavy atom. The highest BCUT2D eigenvalue weighted by molar-refractivity contribution is 5.68. The molecule has 0 spiro atoms. The van der Waals surface area contributed by atoms with E-state index in [9.17, 15) is 4.79 Å². The highest BCUT2D eigenvalue weighted by atomic mass is 16.6. The largest absolute Gasteiger partial charge is 0.497 e. The summed E-state index contributed by atoms with van der Waals surface area (Å²) < 4.78 is 17.9. The first-order chi connectivity index (χ1) is 13.8. The van der Waals surface area contributed by atoms with Gasteiger partial charge in [-0.15, -0.1) is 0 Å². The first kappa shape index (κ1) is 20.6. The molecule has 0 aliphatic carbocycles. The predicted molar refractivity (Wildman–Crippen MR) is 109 cm³/mol. The molecule has 2 aromatic rings. The van der Waals surface area contributed by atoms with Gasteiger partial charge in [0.2, 0.25) is 0 Å². The summed E-state index contributed by atoms with van der Waals surface area (Å²) in [5.41, 5.74) is 0.960. The number of hydrogen-bond donors (Lipinski definition) is 0. The molecule has 1 aliphatic heterocycles. The van der Waals surface area contributed by atoms with Gasteiger partial charge >= 0.3 is 6.09 Å². The van der Waals surface area contributed by atoms with Crippen LogP contribution in [-0.4, -0.2) is 53.7 Å². The van der Waals surface area contributed by atoms with E-state index in [2.05, 4.69) is 16.9 Å². The van der Waals surface area contributed by atoms with Crippen molar-refractivity contribution in [3.8, 4) is 23.3 Å². The highest BCUT2D eigenvalue weighted by Gasteiger charge is 2.30. The Kier molecular flexibility index (Phi) is 6.02. The van der Waals surface area contributed by atoms with E-state index in [0.29, 0.717) is 30.3 Å². The van der Waals surface area contributed by atoms with Gasteiger partial charge in [-0.25, -0.2) is 4.79 Å². The molecule has 0 radical (unpaired) electrons. The van der Waals surface area contributed by atoms with Crippen molar-refractivity contribution in [1.82, 2.24) is 14.7 Å². The second-order valence-corrected chi connectivity index (χ2v) is 7.90. The van der Waals surface area contributed by atoms with Crippen molar-refractivity contribution < 1.29 is 19.0 Å². The number of aromatic nitrogens is 2. The molecule has 7 nitrogen and oxygen atoms in total. The molecule has 2 heterocycles. The molecule has 154 valence electrons. The molecule has 1 aliphatic rings. The fraction of sp³-hybridized carbons (Fsp3) is 0.455. The first-order valence-corrected chi connectivity index (χ1v) is 9.55. The number of carbonyl (C=O) groups is 1.